The summed E-state index contributed by atoms with van der Waals surface area (Å²) in [6.45, 7) is 1.66. The maximum Gasteiger partial charge on any atom is 0.260 e. The van der Waals surface area contributed by atoms with Crippen LogP contribution in [0.4, 0.5) is 5.69 Å². The fourth-order valence-electron chi connectivity index (χ4n) is 2.96. The van der Waals surface area contributed by atoms with Crippen molar-refractivity contribution >= 4 is 11.6 Å². The first-order chi connectivity index (χ1) is 13.6. The number of anilines is 1. The van der Waals surface area contributed by atoms with E-state index in [9.17, 15) is 10.1 Å². The number of nitrogens with one attached hydrogen (secondary N) is 1. The molecule has 0 spiro atoms. The quantitative estimate of drug-likeness (QED) is 0.588. The smallest absolute Gasteiger partial charge is 0.260 e. The van der Waals surface area contributed by atoms with Crippen LogP contribution in [-0.4, -0.2) is 30.7 Å². The number of hydrogen-bond acceptors (Lipinski definition) is 6. The minimum atomic E-state index is -0.426. The molecule has 0 atom stereocenters. The second kappa shape index (κ2) is 6.85. The Balaban J connectivity index is 1.67. The van der Waals surface area contributed by atoms with Crippen molar-refractivity contribution in [3.8, 4) is 23.3 Å². The first kappa shape index (κ1) is 17.2. The summed E-state index contributed by atoms with van der Waals surface area (Å²) in [4.78, 5) is 12.9. The Morgan fingerprint density at radius 2 is 2.04 bits per heavy atom. The van der Waals surface area contributed by atoms with Gasteiger partial charge in [-0.3, -0.25) is 9.36 Å². The van der Waals surface area contributed by atoms with E-state index in [-0.39, 0.29) is 11.1 Å². The highest BCUT2D eigenvalue weighted by Crippen LogP contribution is 2.27. The predicted molar refractivity (Wildman–Crippen MR) is 99.7 cm³/mol. The van der Waals surface area contributed by atoms with E-state index >= 15 is 0 Å². The molecule has 0 saturated heterocycles. The van der Waals surface area contributed by atoms with Crippen LogP contribution >= 0.6 is 0 Å². The van der Waals surface area contributed by atoms with Crippen LogP contribution in [0.15, 0.2) is 53.2 Å². The molecule has 3 heterocycles. The second-order valence-corrected chi connectivity index (χ2v) is 6.08. The Hall–Kier alpha value is -4.19. The number of furan rings is 1. The third kappa shape index (κ3) is 2.93. The zero-order valence-electron chi connectivity index (χ0n) is 15.1. The van der Waals surface area contributed by atoms with Crippen molar-refractivity contribution in [1.82, 2.24) is 24.8 Å². The van der Waals surface area contributed by atoms with E-state index in [0.717, 1.165) is 5.56 Å². The average molecular weight is 373 g/mol. The minimum Gasteiger partial charge on any atom is -0.443 e. The molecule has 0 saturated carbocycles. The molecule has 0 fully saturated rings. The molecule has 9 heteroatoms. The van der Waals surface area contributed by atoms with Crippen molar-refractivity contribution in [1.29, 1.82) is 5.26 Å². The van der Waals surface area contributed by atoms with Crippen LogP contribution in [0.5, 0.6) is 0 Å². The molecule has 4 rings (SSSR count). The number of nitriles is 1. The van der Waals surface area contributed by atoms with Crippen LogP contribution in [0.25, 0.3) is 17.3 Å². The molecular weight excluding hydrogens is 358 g/mol. The molecule has 4 aromatic rings. The van der Waals surface area contributed by atoms with Crippen molar-refractivity contribution in [2.45, 2.75) is 6.92 Å². The molecule has 9 nitrogen and oxygen atoms in total. The first-order valence-electron chi connectivity index (χ1n) is 8.39. The largest absolute Gasteiger partial charge is 0.443 e. The Morgan fingerprint density at radius 1 is 1.25 bits per heavy atom. The van der Waals surface area contributed by atoms with Gasteiger partial charge in [-0.2, -0.15) is 5.26 Å². The van der Waals surface area contributed by atoms with Crippen LogP contribution < -0.4 is 5.32 Å². The first-order valence-corrected chi connectivity index (χ1v) is 8.39. The fraction of sp³-hybridized carbons (Fsp3) is 0.105. The van der Waals surface area contributed by atoms with E-state index in [1.165, 1.54) is 4.68 Å². The van der Waals surface area contributed by atoms with Crippen molar-refractivity contribution in [3.05, 3.63) is 65.7 Å². The van der Waals surface area contributed by atoms with E-state index in [0.29, 0.717) is 23.2 Å². The number of carbonyl (C=O) groups is 1. The average Bonchev–Trinajstić information content (AvgIpc) is 3.41. The predicted octanol–water partition coefficient (Wildman–Crippen LogP) is 2.69. The summed E-state index contributed by atoms with van der Waals surface area (Å²) in [7, 11) is 1.73. The molecule has 0 aliphatic carbocycles. The molecule has 1 aromatic carbocycles. The maximum absolute atomic E-state index is 12.9. The summed E-state index contributed by atoms with van der Waals surface area (Å²) >= 11 is 0. The van der Waals surface area contributed by atoms with Gasteiger partial charge in [0.25, 0.3) is 5.91 Å². The van der Waals surface area contributed by atoms with E-state index < -0.39 is 5.91 Å². The van der Waals surface area contributed by atoms with Crippen molar-refractivity contribution in [2.24, 2.45) is 7.05 Å². The zero-order chi connectivity index (χ0) is 19.7. The van der Waals surface area contributed by atoms with Crippen LogP contribution in [0.1, 0.15) is 21.7 Å². The Kier molecular flexibility index (Phi) is 4.21. The number of rotatable bonds is 4. The highest BCUT2D eigenvalue weighted by Gasteiger charge is 2.24. The molecule has 138 valence electrons. The monoisotopic (exact) mass is 373 g/mol. The number of benzene rings is 1. The summed E-state index contributed by atoms with van der Waals surface area (Å²) < 4.78 is 8.88. The number of tetrazole rings is 1. The molecule has 1 N–H and O–H groups in total. The lowest BCUT2D eigenvalue weighted by Gasteiger charge is -2.07. The number of aromatic nitrogens is 5. The van der Waals surface area contributed by atoms with Gasteiger partial charge in [-0.05, 0) is 41.6 Å². The van der Waals surface area contributed by atoms with Gasteiger partial charge in [-0.25, -0.2) is 4.68 Å². The molecule has 0 unspecified atom stereocenters. The fourth-order valence-corrected chi connectivity index (χ4v) is 2.96. The van der Waals surface area contributed by atoms with E-state index in [4.69, 9.17) is 4.42 Å². The lowest BCUT2D eigenvalue weighted by Crippen LogP contribution is -2.14. The second-order valence-electron chi connectivity index (χ2n) is 6.08. The molecule has 0 bridgehead atoms. The summed E-state index contributed by atoms with van der Waals surface area (Å²) in [5, 5.41) is 23.8. The van der Waals surface area contributed by atoms with Gasteiger partial charge in [0.1, 0.15) is 23.0 Å². The van der Waals surface area contributed by atoms with Gasteiger partial charge in [0.05, 0.1) is 0 Å². The van der Waals surface area contributed by atoms with Crippen LogP contribution in [0.3, 0.4) is 0 Å². The minimum absolute atomic E-state index is 0.180. The standard InChI is InChI=1S/C19H15N7O2/c1-12-16(15(11-20)19(28-12)26-8-3-4-9-26)18(27)21-14-7-5-6-13(10-14)17-22-23-24-25(17)2/h3-10H,1-2H3,(H,21,27). The SMILES string of the molecule is Cc1oc(-n2cccc2)c(C#N)c1C(=O)Nc1cccc(-c2nnnn2C)c1. The number of aryl methyl sites for hydroxylation is 2. The molecule has 0 aliphatic rings. The number of carbonyl (C=O) groups excluding carboxylic acids is 1. The summed E-state index contributed by atoms with van der Waals surface area (Å²) in [5.74, 6) is 0.827. The lowest BCUT2D eigenvalue weighted by molar-refractivity contribution is 0.102. The van der Waals surface area contributed by atoms with Crippen molar-refractivity contribution < 1.29 is 9.21 Å². The van der Waals surface area contributed by atoms with Gasteiger partial charge < -0.3 is 9.73 Å². The Morgan fingerprint density at radius 3 is 2.71 bits per heavy atom. The van der Waals surface area contributed by atoms with E-state index in [1.54, 1.807) is 49.1 Å². The highest BCUT2D eigenvalue weighted by atomic mass is 16.4. The third-order valence-electron chi connectivity index (χ3n) is 4.24. The Bertz CT molecular complexity index is 1200. The lowest BCUT2D eigenvalue weighted by atomic mass is 10.1. The van der Waals surface area contributed by atoms with Crippen molar-refractivity contribution in [3.63, 3.8) is 0 Å². The molecule has 0 radical (unpaired) electrons. The topological polar surface area (TPSA) is 115 Å². The van der Waals surface area contributed by atoms with E-state index in [1.807, 2.05) is 18.2 Å². The molecule has 1 amide bonds. The van der Waals surface area contributed by atoms with Gasteiger partial charge in [0.2, 0.25) is 5.88 Å². The highest BCUT2D eigenvalue weighted by molar-refractivity contribution is 6.07. The van der Waals surface area contributed by atoms with Gasteiger partial charge in [-0.1, -0.05) is 12.1 Å². The summed E-state index contributed by atoms with van der Waals surface area (Å²) in [6, 6.07) is 12.8. The number of nitrogens with zero attached hydrogens (tertiary/aromatic N) is 6. The Labute approximate surface area is 159 Å². The van der Waals surface area contributed by atoms with Gasteiger partial charge in [0.15, 0.2) is 5.82 Å². The van der Waals surface area contributed by atoms with Gasteiger partial charge in [-0.15, -0.1) is 5.10 Å². The third-order valence-corrected chi connectivity index (χ3v) is 4.24. The molecular formula is C19H15N7O2. The van der Waals surface area contributed by atoms with Crippen LogP contribution in [-0.2, 0) is 7.05 Å². The van der Waals surface area contributed by atoms with E-state index in [2.05, 4.69) is 26.9 Å². The molecule has 28 heavy (non-hydrogen) atoms. The van der Waals surface area contributed by atoms with Gasteiger partial charge >= 0.3 is 0 Å². The van der Waals surface area contributed by atoms with Crippen LogP contribution in [0, 0.1) is 18.3 Å². The maximum atomic E-state index is 12.9. The van der Waals surface area contributed by atoms with Crippen LogP contribution in [0.2, 0.25) is 0 Å². The summed E-state index contributed by atoms with van der Waals surface area (Å²) in [6.07, 6.45) is 3.50. The number of amides is 1. The molecule has 0 aliphatic heterocycles. The normalized spacial score (nSPS) is 10.6. The number of hydrogen-bond donors (Lipinski definition) is 1. The van der Waals surface area contributed by atoms with Gasteiger partial charge in [0, 0.05) is 30.7 Å². The van der Waals surface area contributed by atoms with Crippen molar-refractivity contribution in [2.75, 3.05) is 5.32 Å². The zero-order valence-corrected chi connectivity index (χ0v) is 15.1. The summed E-state index contributed by atoms with van der Waals surface area (Å²) in [5.41, 5.74) is 1.69. The molecule has 3 aromatic heterocycles.